The molecule has 0 bridgehead atoms. The van der Waals surface area contributed by atoms with Gasteiger partial charge in [0.15, 0.2) is 0 Å². The second-order valence-electron chi connectivity index (χ2n) is 18.1. The fraction of sp³-hybridized carbons (Fsp3) is 0.0667. The number of anilines is 3. The molecule has 64 heavy (non-hydrogen) atoms. The Balaban J connectivity index is 1.12. The molecule has 0 saturated heterocycles. The van der Waals surface area contributed by atoms with Gasteiger partial charge in [0.25, 0.3) is 0 Å². The maximum atomic E-state index is 6.89. The summed E-state index contributed by atoms with van der Waals surface area (Å²) in [6.45, 7) is 13.9. The van der Waals surface area contributed by atoms with Crippen LogP contribution in [0.5, 0.6) is 5.75 Å². The summed E-state index contributed by atoms with van der Waals surface area (Å²) in [7, 11) is -1.50. The van der Waals surface area contributed by atoms with Crippen LogP contribution < -0.4 is 31.2 Å². The van der Waals surface area contributed by atoms with Crippen LogP contribution in [-0.2, 0) is 0 Å². The van der Waals surface area contributed by atoms with Gasteiger partial charge in [0.2, 0.25) is 6.71 Å². The van der Waals surface area contributed by atoms with Crippen molar-refractivity contribution in [3.63, 3.8) is 0 Å². The Bertz CT molecular complexity index is 3490. The number of benzene rings is 10. The van der Waals surface area contributed by atoms with Crippen molar-refractivity contribution in [2.24, 2.45) is 0 Å². The van der Waals surface area contributed by atoms with Gasteiger partial charge in [-0.15, -0.1) is 0 Å². The van der Waals surface area contributed by atoms with Crippen molar-refractivity contribution in [2.45, 2.75) is 26.6 Å². The standard InChI is InChI=1S/C60H48BNOSi/c1-6-17-53-55-39-58(61(44-22-8-7-9-23-44)57-27-16-21-42-19-12-13-24-49(42)57)51-26-15-14-25-50(51)54(55)38-56-52-35-32-47(37-59(52)63-40(2)60(53)56)62(45-30-33-48(34-31-45)64(3,4)5)46-29-28-41-18-10-11-20-43(41)36-46/h6-39H,2H2,1,3-5H3/b17-6-. The fourth-order valence-electron chi connectivity index (χ4n) is 10.1. The summed E-state index contributed by atoms with van der Waals surface area (Å²) >= 11 is 0. The van der Waals surface area contributed by atoms with Crippen molar-refractivity contribution in [1.82, 2.24) is 0 Å². The van der Waals surface area contributed by atoms with Crippen molar-refractivity contribution in [3.8, 4) is 16.9 Å². The molecule has 0 aromatic heterocycles. The smallest absolute Gasteiger partial charge is 0.242 e. The number of ether oxygens (including phenoxy) is 1. The number of hydrogen-bond donors (Lipinski definition) is 0. The van der Waals surface area contributed by atoms with Crippen molar-refractivity contribution in [1.29, 1.82) is 0 Å². The third kappa shape index (κ3) is 6.74. The molecule has 0 amide bonds. The summed E-state index contributed by atoms with van der Waals surface area (Å²) in [5.41, 5.74) is 11.4. The first-order valence-corrected chi connectivity index (χ1v) is 25.8. The monoisotopic (exact) mass is 837 g/mol. The molecule has 1 aliphatic heterocycles. The maximum Gasteiger partial charge on any atom is 0.242 e. The van der Waals surface area contributed by atoms with E-state index in [1.54, 1.807) is 0 Å². The Morgan fingerprint density at radius 3 is 1.91 bits per heavy atom. The Labute approximate surface area is 377 Å². The van der Waals surface area contributed by atoms with Crippen LogP contribution in [0.3, 0.4) is 0 Å². The van der Waals surface area contributed by atoms with Crippen LogP contribution in [0, 0.1) is 0 Å². The zero-order chi connectivity index (χ0) is 43.5. The molecular weight excluding hydrogens is 790 g/mol. The molecule has 4 heteroatoms. The number of hydrogen-bond acceptors (Lipinski definition) is 2. The van der Waals surface area contributed by atoms with Gasteiger partial charge in [0.05, 0.1) is 8.07 Å². The van der Waals surface area contributed by atoms with Gasteiger partial charge in [-0.2, -0.15) is 0 Å². The fourth-order valence-corrected chi connectivity index (χ4v) is 11.2. The minimum atomic E-state index is -1.50. The number of allylic oxidation sites excluding steroid dienone is 1. The highest BCUT2D eigenvalue weighted by atomic mass is 28.3. The summed E-state index contributed by atoms with van der Waals surface area (Å²) < 4.78 is 6.89. The lowest BCUT2D eigenvalue weighted by Gasteiger charge is -2.30. The highest BCUT2D eigenvalue weighted by Crippen LogP contribution is 2.49. The molecule has 0 unspecified atom stereocenters. The average molecular weight is 838 g/mol. The average Bonchev–Trinajstić information content (AvgIpc) is 3.32. The van der Waals surface area contributed by atoms with Gasteiger partial charge in [-0.05, 0) is 104 Å². The molecule has 0 atom stereocenters. The molecule has 10 aromatic rings. The lowest BCUT2D eigenvalue weighted by atomic mass is 9.35. The molecule has 1 heterocycles. The predicted molar refractivity (Wildman–Crippen MR) is 281 cm³/mol. The number of rotatable bonds is 8. The van der Waals surface area contributed by atoms with E-state index >= 15 is 0 Å². The van der Waals surface area contributed by atoms with Gasteiger partial charge >= 0.3 is 0 Å². The quantitative estimate of drug-likeness (QED) is 0.112. The first-order valence-electron chi connectivity index (χ1n) is 22.3. The van der Waals surface area contributed by atoms with Gasteiger partial charge in [0.1, 0.15) is 11.5 Å². The molecule has 1 aliphatic rings. The Kier molecular flexibility index (Phi) is 9.71. The van der Waals surface area contributed by atoms with Crippen LogP contribution >= 0.6 is 0 Å². The lowest BCUT2D eigenvalue weighted by Crippen LogP contribution is -2.52. The summed E-state index contributed by atoms with van der Waals surface area (Å²) in [6, 6.07) is 71.4. The molecule has 0 spiro atoms. The van der Waals surface area contributed by atoms with Gasteiger partial charge in [-0.1, -0.05) is 206 Å². The van der Waals surface area contributed by atoms with Crippen LogP contribution in [0.1, 0.15) is 18.1 Å². The van der Waals surface area contributed by atoms with E-state index in [2.05, 4.69) is 244 Å². The molecule has 0 radical (unpaired) electrons. The summed E-state index contributed by atoms with van der Waals surface area (Å²) in [5.74, 6) is 1.45. The van der Waals surface area contributed by atoms with E-state index in [4.69, 9.17) is 4.74 Å². The highest BCUT2D eigenvalue weighted by Gasteiger charge is 2.30. The highest BCUT2D eigenvalue weighted by molar-refractivity contribution is 6.98. The van der Waals surface area contributed by atoms with Crippen molar-refractivity contribution < 1.29 is 4.74 Å². The van der Waals surface area contributed by atoms with E-state index in [0.29, 0.717) is 5.76 Å². The third-order valence-electron chi connectivity index (χ3n) is 13.2. The predicted octanol–water partition coefficient (Wildman–Crippen LogP) is 13.9. The molecule has 0 saturated carbocycles. The van der Waals surface area contributed by atoms with Crippen molar-refractivity contribution in [2.75, 3.05) is 4.90 Å². The normalized spacial score (nSPS) is 12.5. The van der Waals surface area contributed by atoms with Gasteiger partial charge in [-0.3, -0.25) is 0 Å². The molecule has 10 aromatic carbocycles. The van der Waals surface area contributed by atoms with E-state index in [-0.39, 0.29) is 6.71 Å². The van der Waals surface area contributed by atoms with Crippen LogP contribution in [0.25, 0.3) is 66.1 Å². The SMILES string of the molecule is C=C1Oc2cc(N(c3ccc([Si](C)(C)C)cc3)c3ccc4ccccc4c3)ccc2-c2cc3c(cc(B(c4ccccc4)c4cccc5ccccc45)c4ccccc43)c(/C=C\C)c21. The first kappa shape index (κ1) is 39.4. The molecule has 0 aliphatic carbocycles. The van der Waals surface area contributed by atoms with E-state index in [1.807, 2.05) is 0 Å². The summed E-state index contributed by atoms with van der Waals surface area (Å²) in [5, 5.41) is 11.2. The van der Waals surface area contributed by atoms with E-state index in [1.165, 1.54) is 64.7 Å². The second-order valence-corrected chi connectivity index (χ2v) is 23.2. The largest absolute Gasteiger partial charge is 0.457 e. The molecule has 0 fully saturated rings. The molecule has 306 valence electrons. The van der Waals surface area contributed by atoms with E-state index in [0.717, 1.165) is 45.1 Å². The minimum absolute atomic E-state index is 0.00743. The zero-order valence-corrected chi connectivity index (χ0v) is 37.8. The molecule has 2 nitrogen and oxygen atoms in total. The Morgan fingerprint density at radius 1 is 0.500 bits per heavy atom. The number of fused-ring (bicyclic) bond motifs is 8. The zero-order valence-electron chi connectivity index (χ0n) is 36.8. The first-order chi connectivity index (χ1) is 31.2. The molecule has 11 rings (SSSR count). The summed E-state index contributed by atoms with van der Waals surface area (Å²) in [6.07, 6.45) is 4.39. The minimum Gasteiger partial charge on any atom is -0.457 e. The third-order valence-corrected chi connectivity index (χ3v) is 15.2. The summed E-state index contributed by atoms with van der Waals surface area (Å²) in [4.78, 5) is 2.35. The van der Waals surface area contributed by atoms with E-state index < -0.39 is 8.07 Å². The topological polar surface area (TPSA) is 12.5 Å². The Hall–Kier alpha value is -7.40. The van der Waals surface area contributed by atoms with Crippen molar-refractivity contribution >= 4 is 108 Å². The number of nitrogens with zero attached hydrogens (tertiary/aromatic N) is 1. The van der Waals surface area contributed by atoms with E-state index in [9.17, 15) is 0 Å². The van der Waals surface area contributed by atoms with Gasteiger partial charge < -0.3 is 9.64 Å². The Morgan fingerprint density at radius 2 is 1.14 bits per heavy atom. The molecule has 0 N–H and O–H groups in total. The van der Waals surface area contributed by atoms with Gasteiger partial charge in [0, 0.05) is 34.3 Å². The van der Waals surface area contributed by atoms with Crippen molar-refractivity contribution in [3.05, 3.63) is 218 Å². The second kappa shape index (κ2) is 15.7. The van der Waals surface area contributed by atoms with Crippen LogP contribution in [-0.4, -0.2) is 14.8 Å². The molecular formula is C60H48BNOSi. The van der Waals surface area contributed by atoms with Crippen LogP contribution in [0.15, 0.2) is 207 Å². The lowest BCUT2D eigenvalue weighted by molar-refractivity contribution is 0.514. The van der Waals surface area contributed by atoms with Gasteiger partial charge in [-0.25, -0.2) is 0 Å². The van der Waals surface area contributed by atoms with Crippen LogP contribution in [0.4, 0.5) is 17.1 Å². The van der Waals surface area contributed by atoms with Crippen LogP contribution in [0.2, 0.25) is 19.6 Å². The maximum absolute atomic E-state index is 6.89.